The number of hydrogen-bond acceptors (Lipinski definition) is 8. The minimum Gasteiger partial charge on any atom is -0.465 e. The normalized spacial score (nSPS) is 14.6. The number of hydrogen-bond donors (Lipinski definition) is 0. The number of anilines is 1. The first kappa shape index (κ1) is 21.8. The van der Waals surface area contributed by atoms with E-state index in [9.17, 15) is 9.59 Å². The van der Waals surface area contributed by atoms with Crippen molar-refractivity contribution in [3.05, 3.63) is 59.7 Å². The summed E-state index contributed by atoms with van der Waals surface area (Å²) in [6.45, 7) is 1.95. The maximum absolute atomic E-state index is 13.3. The molecule has 1 atom stereocenters. The van der Waals surface area contributed by atoms with Crippen LogP contribution < -0.4 is 9.64 Å². The molecular formula is C23H22N4O4S. The number of methoxy groups -OCH3 is 1. The highest BCUT2D eigenvalue weighted by atomic mass is 32.2. The lowest BCUT2D eigenvalue weighted by Gasteiger charge is -2.31. The molecule has 3 aromatic rings. The average Bonchev–Trinajstić information content (AvgIpc) is 2.98. The fraction of sp³-hybridized carbons (Fsp3) is 0.261. The number of para-hydroxylation sites is 1. The van der Waals surface area contributed by atoms with Gasteiger partial charge in [-0.3, -0.25) is 9.69 Å². The molecule has 164 valence electrons. The van der Waals surface area contributed by atoms with Crippen LogP contribution in [0.5, 0.6) is 5.88 Å². The highest BCUT2D eigenvalue weighted by molar-refractivity contribution is 7.98. The summed E-state index contributed by atoms with van der Waals surface area (Å²) < 4.78 is 11.1. The molecule has 0 radical (unpaired) electrons. The van der Waals surface area contributed by atoms with Crippen molar-refractivity contribution in [3.63, 3.8) is 0 Å². The van der Waals surface area contributed by atoms with E-state index in [4.69, 9.17) is 9.47 Å². The van der Waals surface area contributed by atoms with Crippen LogP contribution in [0.3, 0.4) is 0 Å². The highest BCUT2D eigenvalue weighted by Crippen LogP contribution is 2.43. The Morgan fingerprint density at radius 3 is 2.56 bits per heavy atom. The van der Waals surface area contributed by atoms with E-state index >= 15 is 0 Å². The summed E-state index contributed by atoms with van der Waals surface area (Å²) in [5, 5.41) is 8.98. The lowest BCUT2D eigenvalue weighted by Crippen LogP contribution is -2.37. The van der Waals surface area contributed by atoms with Crippen LogP contribution in [-0.4, -0.2) is 40.4 Å². The molecular weight excluding hydrogens is 428 g/mol. The molecule has 1 aliphatic rings. The average molecular weight is 451 g/mol. The number of ether oxygens (including phenoxy) is 2. The van der Waals surface area contributed by atoms with E-state index in [1.54, 1.807) is 29.2 Å². The number of esters is 1. The number of thioether (sulfide) groups is 1. The fourth-order valence-corrected chi connectivity index (χ4v) is 3.82. The first-order valence-corrected chi connectivity index (χ1v) is 11.3. The largest absolute Gasteiger partial charge is 0.465 e. The predicted molar refractivity (Wildman–Crippen MR) is 121 cm³/mol. The lowest BCUT2D eigenvalue weighted by atomic mass is 10.1. The molecule has 2 heterocycles. The summed E-state index contributed by atoms with van der Waals surface area (Å²) in [4.78, 5) is 31.3. The summed E-state index contributed by atoms with van der Waals surface area (Å²) in [6, 6.07) is 14.3. The van der Waals surface area contributed by atoms with Gasteiger partial charge in [0.25, 0.3) is 0 Å². The van der Waals surface area contributed by atoms with Gasteiger partial charge >= 0.3 is 5.97 Å². The Bertz CT molecular complexity index is 1150. The Hall–Kier alpha value is -3.46. The monoisotopic (exact) mass is 450 g/mol. The summed E-state index contributed by atoms with van der Waals surface area (Å²) in [6.07, 6.45) is 2.09. The molecule has 0 spiro atoms. The zero-order valence-corrected chi connectivity index (χ0v) is 18.8. The van der Waals surface area contributed by atoms with Crippen LogP contribution in [0.2, 0.25) is 0 Å². The summed E-state index contributed by atoms with van der Waals surface area (Å²) in [7, 11) is 1.33. The molecule has 32 heavy (non-hydrogen) atoms. The van der Waals surface area contributed by atoms with E-state index in [0.717, 1.165) is 0 Å². The minimum absolute atomic E-state index is 0.0900. The Morgan fingerprint density at radius 2 is 1.88 bits per heavy atom. The van der Waals surface area contributed by atoms with Crippen molar-refractivity contribution in [2.75, 3.05) is 18.3 Å². The molecule has 1 aliphatic heterocycles. The third-order valence-corrected chi connectivity index (χ3v) is 5.58. The van der Waals surface area contributed by atoms with Gasteiger partial charge in [0.1, 0.15) is 0 Å². The van der Waals surface area contributed by atoms with Crippen molar-refractivity contribution in [1.29, 1.82) is 0 Å². The quantitative estimate of drug-likeness (QED) is 0.420. The third-order valence-electron chi connectivity index (χ3n) is 5.04. The highest BCUT2D eigenvalue weighted by Gasteiger charge is 2.35. The third kappa shape index (κ3) is 4.03. The Balaban J connectivity index is 1.90. The predicted octanol–water partition coefficient (Wildman–Crippen LogP) is 4.27. The standard InChI is InChI=1S/C23H22N4O4S/c1-4-7-18(28)27-17-9-6-5-8-16(17)19-20(24-23(32-3)26-25-19)31-21(27)14-10-12-15(13-11-14)22(29)30-2/h5-6,8-13,21H,4,7H2,1-3H3/t21-/m1/s1. The Kier molecular flexibility index (Phi) is 6.36. The van der Waals surface area contributed by atoms with Crippen LogP contribution in [0.4, 0.5) is 5.69 Å². The van der Waals surface area contributed by atoms with Crippen molar-refractivity contribution >= 4 is 29.3 Å². The lowest BCUT2D eigenvalue weighted by molar-refractivity contribution is -0.120. The molecule has 1 amide bonds. The number of carbonyl (C=O) groups is 2. The molecule has 2 aromatic carbocycles. The van der Waals surface area contributed by atoms with Gasteiger partial charge in [-0.25, -0.2) is 4.79 Å². The fourth-order valence-electron chi connectivity index (χ4n) is 3.52. The number of nitrogens with zero attached hydrogens (tertiary/aromatic N) is 4. The van der Waals surface area contributed by atoms with Crippen LogP contribution in [0.25, 0.3) is 11.3 Å². The van der Waals surface area contributed by atoms with Crippen LogP contribution >= 0.6 is 11.8 Å². The molecule has 9 heteroatoms. The number of benzene rings is 2. The van der Waals surface area contributed by atoms with Gasteiger partial charge in [0.15, 0.2) is 5.69 Å². The van der Waals surface area contributed by atoms with Gasteiger partial charge in [-0.15, -0.1) is 10.2 Å². The molecule has 4 rings (SSSR count). The molecule has 0 aliphatic carbocycles. The van der Waals surface area contributed by atoms with E-state index in [1.807, 2.05) is 37.4 Å². The molecule has 0 saturated carbocycles. The van der Waals surface area contributed by atoms with E-state index in [1.165, 1.54) is 18.9 Å². The minimum atomic E-state index is -0.797. The number of fused-ring (bicyclic) bond motifs is 3. The maximum Gasteiger partial charge on any atom is 0.337 e. The second-order valence-electron chi connectivity index (χ2n) is 7.07. The zero-order chi connectivity index (χ0) is 22.7. The van der Waals surface area contributed by atoms with Gasteiger partial charge in [0, 0.05) is 17.5 Å². The van der Waals surface area contributed by atoms with Crippen LogP contribution in [0, 0.1) is 0 Å². The van der Waals surface area contributed by atoms with E-state index in [0.29, 0.717) is 51.9 Å². The van der Waals surface area contributed by atoms with Gasteiger partial charge in [0.2, 0.25) is 23.2 Å². The summed E-state index contributed by atoms with van der Waals surface area (Å²) in [5.41, 5.74) is 2.95. The molecule has 0 fully saturated rings. The molecule has 8 nitrogen and oxygen atoms in total. The Morgan fingerprint density at radius 1 is 1.12 bits per heavy atom. The topological polar surface area (TPSA) is 94.5 Å². The number of aromatic nitrogens is 3. The van der Waals surface area contributed by atoms with Gasteiger partial charge < -0.3 is 9.47 Å². The molecule has 1 aromatic heterocycles. The van der Waals surface area contributed by atoms with Crippen LogP contribution in [0.1, 0.15) is 41.9 Å². The molecule has 0 bridgehead atoms. The maximum atomic E-state index is 13.3. The second-order valence-corrected chi connectivity index (χ2v) is 7.84. The van der Waals surface area contributed by atoms with Gasteiger partial charge in [-0.2, -0.15) is 4.98 Å². The van der Waals surface area contributed by atoms with Gasteiger partial charge in [0.05, 0.1) is 18.4 Å². The van der Waals surface area contributed by atoms with E-state index < -0.39 is 12.2 Å². The smallest absolute Gasteiger partial charge is 0.337 e. The summed E-state index contributed by atoms with van der Waals surface area (Å²) in [5.74, 6) is -0.229. The van der Waals surface area contributed by atoms with Crippen molar-refractivity contribution in [2.45, 2.75) is 31.1 Å². The SMILES string of the molecule is CCCC(=O)N1c2ccccc2-c2nnc(SC)nc2O[C@@H]1c1ccc(C(=O)OC)cc1. The van der Waals surface area contributed by atoms with Crippen molar-refractivity contribution < 1.29 is 19.1 Å². The Labute approximate surface area is 190 Å². The van der Waals surface area contributed by atoms with E-state index in [2.05, 4.69) is 15.2 Å². The molecule has 0 N–H and O–H groups in total. The number of rotatable bonds is 5. The number of amides is 1. The van der Waals surface area contributed by atoms with Crippen LogP contribution in [-0.2, 0) is 9.53 Å². The van der Waals surface area contributed by atoms with Gasteiger partial charge in [-0.05, 0) is 30.9 Å². The molecule has 0 saturated heterocycles. The number of carbonyl (C=O) groups excluding carboxylic acids is 2. The second kappa shape index (κ2) is 9.35. The van der Waals surface area contributed by atoms with Crippen LogP contribution in [0.15, 0.2) is 53.7 Å². The molecule has 0 unspecified atom stereocenters. The first-order valence-electron chi connectivity index (χ1n) is 10.1. The first-order chi connectivity index (χ1) is 15.6. The summed E-state index contributed by atoms with van der Waals surface area (Å²) >= 11 is 1.35. The van der Waals surface area contributed by atoms with E-state index in [-0.39, 0.29) is 5.91 Å². The van der Waals surface area contributed by atoms with Crippen molar-refractivity contribution in [1.82, 2.24) is 15.2 Å². The zero-order valence-electron chi connectivity index (χ0n) is 17.9. The van der Waals surface area contributed by atoms with Crippen molar-refractivity contribution in [2.24, 2.45) is 0 Å². The van der Waals surface area contributed by atoms with Crippen molar-refractivity contribution in [3.8, 4) is 17.1 Å². The van der Waals surface area contributed by atoms with Gasteiger partial charge in [-0.1, -0.05) is 49.0 Å².